The normalized spacial score (nSPS) is 10.9. The molecule has 3 rings (SSSR count). The number of H-pyrrole nitrogens is 1. The molecule has 148 valence electrons. The highest BCUT2D eigenvalue weighted by Crippen LogP contribution is 2.34. The zero-order valence-corrected chi connectivity index (χ0v) is 16.7. The third-order valence-corrected chi connectivity index (χ3v) is 3.78. The van der Waals surface area contributed by atoms with Gasteiger partial charge in [-0.15, -0.1) is 0 Å². The van der Waals surface area contributed by atoms with Gasteiger partial charge in [-0.05, 0) is 30.3 Å². The van der Waals surface area contributed by atoms with Crippen molar-refractivity contribution in [2.45, 2.75) is 0 Å². The standard InChI is InChI=1S/C15H11Cl2N5O.CH4O3S/c16-7-1-2-8(10(17)5-7)13-9(14(18)23)6-12(21-13)11-3-4-20-15(19)22-11;1-5(2,3)4/h1-6,21H,(H2,18,23)(H2,19,20,22);1H3,(H,2,3,4). The van der Waals surface area contributed by atoms with Gasteiger partial charge in [0, 0.05) is 16.8 Å². The molecule has 0 bridgehead atoms. The molecule has 1 aromatic carbocycles. The van der Waals surface area contributed by atoms with Gasteiger partial charge in [0.2, 0.25) is 5.95 Å². The first kappa shape index (κ1) is 21.6. The van der Waals surface area contributed by atoms with Crippen LogP contribution in [0.4, 0.5) is 5.95 Å². The Morgan fingerprint density at radius 2 is 1.86 bits per heavy atom. The number of primary amides is 1. The van der Waals surface area contributed by atoms with Gasteiger partial charge in [-0.25, -0.2) is 9.97 Å². The van der Waals surface area contributed by atoms with E-state index in [1.54, 1.807) is 30.3 Å². The Bertz CT molecular complexity index is 1120. The molecule has 0 atom stereocenters. The van der Waals surface area contributed by atoms with Crippen LogP contribution in [0.5, 0.6) is 0 Å². The summed E-state index contributed by atoms with van der Waals surface area (Å²) in [6.07, 6.45) is 2.24. The minimum Gasteiger partial charge on any atom is -0.368 e. The monoisotopic (exact) mass is 443 g/mol. The lowest BCUT2D eigenvalue weighted by Crippen LogP contribution is -2.11. The van der Waals surface area contributed by atoms with E-state index in [0.717, 1.165) is 0 Å². The molecule has 12 heteroatoms. The van der Waals surface area contributed by atoms with Gasteiger partial charge < -0.3 is 16.5 Å². The Morgan fingerprint density at radius 1 is 1.21 bits per heavy atom. The lowest BCUT2D eigenvalue weighted by molar-refractivity contribution is 0.100. The first-order valence-electron chi connectivity index (χ1n) is 7.45. The number of nitrogens with one attached hydrogen (secondary N) is 1. The second kappa shape index (κ2) is 8.57. The van der Waals surface area contributed by atoms with Crippen molar-refractivity contribution >= 4 is 45.2 Å². The van der Waals surface area contributed by atoms with Crippen LogP contribution < -0.4 is 11.5 Å². The number of aromatic nitrogens is 3. The fraction of sp³-hybridized carbons (Fsp3) is 0.0625. The SMILES string of the molecule is CS(=O)(=O)O.NC(=O)c1cc(-c2ccnc(N)n2)[nH]c1-c1ccc(Cl)cc1Cl. The Hall–Kier alpha value is -2.66. The summed E-state index contributed by atoms with van der Waals surface area (Å²) < 4.78 is 25.9. The summed E-state index contributed by atoms with van der Waals surface area (Å²) in [5, 5.41) is 0.894. The largest absolute Gasteiger partial charge is 0.368 e. The van der Waals surface area contributed by atoms with Gasteiger partial charge in [-0.2, -0.15) is 8.42 Å². The predicted molar refractivity (Wildman–Crippen MR) is 108 cm³/mol. The van der Waals surface area contributed by atoms with Crippen LogP contribution in [0.2, 0.25) is 10.0 Å². The van der Waals surface area contributed by atoms with Crippen LogP contribution in [-0.2, 0) is 10.1 Å². The van der Waals surface area contributed by atoms with E-state index in [-0.39, 0.29) is 5.95 Å². The highest BCUT2D eigenvalue weighted by Gasteiger charge is 2.18. The fourth-order valence-electron chi connectivity index (χ4n) is 2.22. The average Bonchev–Trinajstić information content (AvgIpc) is 2.98. The van der Waals surface area contributed by atoms with E-state index >= 15 is 0 Å². The van der Waals surface area contributed by atoms with E-state index in [0.29, 0.717) is 44.5 Å². The van der Waals surface area contributed by atoms with Crippen LogP contribution >= 0.6 is 23.2 Å². The van der Waals surface area contributed by atoms with Crippen LogP contribution in [-0.4, -0.2) is 40.1 Å². The number of nitrogens with two attached hydrogens (primary N) is 2. The number of rotatable bonds is 3. The molecule has 1 amide bonds. The van der Waals surface area contributed by atoms with Crippen molar-refractivity contribution in [3.63, 3.8) is 0 Å². The zero-order chi connectivity index (χ0) is 21.1. The predicted octanol–water partition coefficient (Wildman–Crippen LogP) is 2.63. The number of hydrogen-bond donors (Lipinski definition) is 4. The molecule has 0 saturated heterocycles. The molecule has 0 aliphatic heterocycles. The van der Waals surface area contributed by atoms with E-state index in [4.69, 9.17) is 39.2 Å². The number of anilines is 1. The number of aromatic amines is 1. The summed E-state index contributed by atoms with van der Waals surface area (Å²) in [5.74, 6) is -0.459. The molecule has 6 N–H and O–H groups in total. The highest BCUT2D eigenvalue weighted by molar-refractivity contribution is 7.85. The summed E-state index contributed by atoms with van der Waals surface area (Å²) in [6.45, 7) is 0. The molecule has 0 aliphatic rings. The van der Waals surface area contributed by atoms with Gasteiger partial charge in [-0.3, -0.25) is 9.35 Å². The van der Waals surface area contributed by atoms with Crippen molar-refractivity contribution in [1.29, 1.82) is 0 Å². The van der Waals surface area contributed by atoms with Gasteiger partial charge >= 0.3 is 0 Å². The van der Waals surface area contributed by atoms with Crippen LogP contribution in [0.1, 0.15) is 10.4 Å². The molecule has 3 aromatic rings. The van der Waals surface area contributed by atoms with E-state index in [9.17, 15) is 13.2 Å². The summed E-state index contributed by atoms with van der Waals surface area (Å²) in [4.78, 5) is 22.8. The Morgan fingerprint density at radius 3 is 2.39 bits per heavy atom. The lowest BCUT2D eigenvalue weighted by atomic mass is 10.1. The smallest absolute Gasteiger partial charge is 0.261 e. The molecule has 0 aliphatic carbocycles. The van der Waals surface area contributed by atoms with Crippen molar-refractivity contribution in [2.24, 2.45) is 5.73 Å². The molecule has 0 saturated carbocycles. The van der Waals surface area contributed by atoms with Gasteiger partial charge in [0.05, 0.1) is 33.9 Å². The topological polar surface area (TPSA) is 165 Å². The second-order valence-electron chi connectivity index (χ2n) is 5.49. The van der Waals surface area contributed by atoms with Crippen molar-refractivity contribution in [3.8, 4) is 22.6 Å². The maximum Gasteiger partial charge on any atom is 0.261 e. The summed E-state index contributed by atoms with van der Waals surface area (Å²) in [5.41, 5.74) is 13.6. The van der Waals surface area contributed by atoms with Crippen LogP contribution in [0.3, 0.4) is 0 Å². The number of hydrogen-bond acceptors (Lipinski definition) is 6. The van der Waals surface area contributed by atoms with Gasteiger partial charge in [0.1, 0.15) is 0 Å². The van der Waals surface area contributed by atoms with Crippen molar-refractivity contribution < 1.29 is 17.8 Å². The molecule has 0 radical (unpaired) electrons. The minimum absolute atomic E-state index is 0.129. The first-order valence-corrected chi connectivity index (χ1v) is 10.1. The highest BCUT2D eigenvalue weighted by atomic mass is 35.5. The number of carbonyl (C=O) groups is 1. The molecular formula is C16H15Cl2N5O4S. The fourth-order valence-corrected chi connectivity index (χ4v) is 2.72. The molecule has 0 unspecified atom stereocenters. The van der Waals surface area contributed by atoms with Crippen molar-refractivity contribution in [2.75, 3.05) is 12.0 Å². The molecule has 0 fully saturated rings. The lowest BCUT2D eigenvalue weighted by Gasteiger charge is -2.05. The van der Waals surface area contributed by atoms with E-state index < -0.39 is 16.0 Å². The zero-order valence-electron chi connectivity index (χ0n) is 14.3. The van der Waals surface area contributed by atoms with Crippen molar-refractivity contribution in [1.82, 2.24) is 15.0 Å². The maximum atomic E-state index is 11.8. The maximum absolute atomic E-state index is 11.8. The third kappa shape index (κ3) is 5.92. The molecule has 2 heterocycles. The first-order chi connectivity index (χ1) is 13.0. The average molecular weight is 444 g/mol. The number of amides is 1. The Balaban J connectivity index is 0.000000500. The summed E-state index contributed by atoms with van der Waals surface area (Å²) in [7, 11) is -3.67. The van der Waals surface area contributed by atoms with Crippen LogP contribution in [0, 0.1) is 0 Å². The number of nitrogens with zero attached hydrogens (tertiary/aromatic N) is 2. The van der Waals surface area contributed by atoms with E-state index in [1.807, 2.05) is 0 Å². The molecular weight excluding hydrogens is 429 g/mol. The number of carbonyl (C=O) groups excluding carboxylic acids is 1. The summed E-state index contributed by atoms with van der Waals surface area (Å²) >= 11 is 12.1. The van der Waals surface area contributed by atoms with Crippen LogP contribution in [0.15, 0.2) is 36.5 Å². The molecule has 9 nitrogen and oxygen atoms in total. The minimum atomic E-state index is -3.67. The van der Waals surface area contributed by atoms with Crippen LogP contribution in [0.25, 0.3) is 22.6 Å². The Kier molecular flexibility index (Phi) is 6.62. The molecule has 2 aromatic heterocycles. The van der Waals surface area contributed by atoms with E-state index in [1.165, 1.54) is 6.20 Å². The van der Waals surface area contributed by atoms with E-state index in [2.05, 4.69) is 15.0 Å². The molecule has 28 heavy (non-hydrogen) atoms. The molecule has 0 spiro atoms. The number of nitrogen functional groups attached to an aromatic ring is 1. The Labute approximate surface area is 170 Å². The van der Waals surface area contributed by atoms with Gasteiger partial charge in [0.25, 0.3) is 16.0 Å². The van der Waals surface area contributed by atoms with Gasteiger partial charge in [0.15, 0.2) is 0 Å². The summed E-state index contributed by atoms with van der Waals surface area (Å²) in [6, 6.07) is 8.24. The number of benzene rings is 1. The van der Waals surface area contributed by atoms with Crippen molar-refractivity contribution in [3.05, 3.63) is 52.1 Å². The third-order valence-electron chi connectivity index (χ3n) is 3.23. The second-order valence-corrected chi connectivity index (χ2v) is 7.80. The quantitative estimate of drug-likeness (QED) is 0.451. The van der Waals surface area contributed by atoms with Gasteiger partial charge in [-0.1, -0.05) is 23.2 Å². The number of halogens is 2.